The highest BCUT2D eigenvalue weighted by atomic mass is 32.2. The van der Waals surface area contributed by atoms with Crippen LogP contribution in [0.2, 0.25) is 0 Å². The van der Waals surface area contributed by atoms with Crippen LogP contribution in [0.4, 0.5) is 0 Å². The summed E-state index contributed by atoms with van der Waals surface area (Å²) in [7, 11) is -1.71. The van der Waals surface area contributed by atoms with Gasteiger partial charge in [0.2, 0.25) is 0 Å². The maximum absolute atomic E-state index is 12.7. The summed E-state index contributed by atoms with van der Waals surface area (Å²) in [6.07, 6.45) is 1.58. The number of piperazine rings is 1. The molecule has 0 bridgehead atoms. The molecule has 0 radical (unpaired) electrons. The molecule has 7 nitrogen and oxygen atoms in total. The summed E-state index contributed by atoms with van der Waals surface area (Å²) < 4.78 is 34.5. The van der Waals surface area contributed by atoms with Gasteiger partial charge in [-0.15, -0.1) is 0 Å². The predicted octanol–water partition coefficient (Wildman–Crippen LogP) is 1.42. The molecule has 1 fully saturated rings. The molecule has 0 aliphatic carbocycles. The normalized spacial score (nSPS) is 16.7. The van der Waals surface area contributed by atoms with E-state index >= 15 is 0 Å². The molecule has 1 aromatic heterocycles. The summed E-state index contributed by atoms with van der Waals surface area (Å²) in [5.41, 5.74) is 1.12. The van der Waals surface area contributed by atoms with Gasteiger partial charge in [-0.25, -0.2) is 13.4 Å². The number of hydrogen-bond acceptors (Lipinski definition) is 5. The summed E-state index contributed by atoms with van der Waals surface area (Å²) in [4.78, 5) is 6.40. The van der Waals surface area contributed by atoms with Crippen molar-refractivity contribution in [2.24, 2.45) is 7.05 Å². The van der Waals surface area contributed by atoms with Crippen LogP contribution in [0.25, 0.3) is 0 Å². The van der Waals surface area contributed by atoms with E-state index in [0.717, 1.165) is 17.9 Å². The number of nitrogens with zero attached hydrogens (tertiary/aromatic N) is 4. The molecule has 0 spiro atoms. The number of para-hydroxylation sites is 1. The van der Waals surface area contributed by atoms with Crippen molar-refractivity contribution < 1.29 is 13.2 Å². The summed E-state index contributed by atoms with van der Waals surface area (Å²) >= 11 is 0. The fraction of sp³-hybridized carbons (Fsp3) is 0.500. The van der Waals surface area contributed by atoms with E-state index in [9.17, 15) is 8.42 Å². The van der Waals surface area contributed by atoms with Crippen LogP contribution in [0.5, 0.6) is 5.75 Å². The van der Waals surface area contributed by atoms with E-state index in [4.69, 9.17) is 4.74 Å². The number of imidazole rings is 1. The lowest BCUT2D eigenvalue weighted by Crippen LogP contribution is -2.49. The number of ether oxygens (including phenoxy) is 1. The molecule has 8 heteroatoms. The number of aryl methyl sites for hydroxylation is 3. The van der Waals surface area contributed by atoms with Crippen molar-refractivity contribution in [3.8, 4) is 5.75 Å². The molecule has 3 rings (SSSR count). The molecule has 0 unspecified atom stereocenters. The van der Waals surface area contributed by atoms with Crippen molar-refractivity contribution in [2.75, 3.05) is 39.3 Å². The SMILES string of the molecule is Cc1ccccc1OCCN1CCN(S(=O)(=O)c2cn(C)c(C)n2)CC1. The smallest absolute Gasteiger partial charge is 0.262 e. The first-order valence-corrected chi connectivity index (χ1v) is 10.2. The first kappa shape index (κ1) is 18.9. The van der Waals surface area contributed by atoms with Gasteiger partial charge in [0.1, 0.15) is 18.2 Å². The summed E-state index contributed by atoms with van der Waals surface area (Å²) in [6, 6.07) is 7.95. The van der Waals surface area contributed by atoms with Crippen molar-refractivity contribution in [1.29, 1.82) is 0 Å². The Balaban J connectivity index is 1.50. The molecule has 26 heavy (non-hydrogen) atoms. The molecule has 142 valence electrons. The van der Waals surface area contributed by atoms with Gasteiger partial charge in [-0.3, -0.25) is 4.90 Å². The fourth-order valence-electron chi connectivity index (χ4n) is 2.98. The second-order valence-electron chi connectivity index (χ2n) is 6.60. The minimum atomic E-state index is -3.51. The van der Waals surface area contributed by atoms with Gasteiger partial charge in [0.15, 0.2) is 5.03 Å². The van der Waals surface area contributed by atoms with Gasteiger partial charge in [0.25, 0.3) is 10.0 Å². The Kier molecular flexibility index (Phi) is 5.64. The monoisotopic (exact) mass is 378 g/mol. The van der Waals surface area contributed by atoms with E-state index in [1.54, 1.807) is 24.7 Å². The summed E-state index contributed by atoms with van der Waals surface area (Å²) in [5, 5.41) is 0.133. The van der Waals surface area contributed by atoms with E-state index in [1.807, 2.05) is 31.2 Å². The van der Waals surface area contributed by atoms with Gasteiger partial charge < -0.3 is 9.30 Å². The van der Waals surface area contributed by atoms with Crippen molar-refractivity contribution in [1.82, 2.24) is 18.8 Å². The van der Waals surface area contributed by atoms with Crippen molar-refractivity contribution >= 4 is 10.0 Å². The van der Waals surface area contributed by atoms with Crippen LogP contribution < -0.4 is 4.74 Å². The lowest BCUT2D eigenvalue weighted by molar-refractivity contribution is 0.158. The number of benzene rings is 1. The second kappa shape index (κ2) is 7.77. The second-order valence-corrected chi connectivity index (χ2v) is 8.48. The van der Waals surface area contributed by atoms with Crippen molar-refractivity contribution in [3.05, 3.63) is 41.9 Å². The first-order valence-electron chi connectivity index (χ1n) is 8.79. The predicted molar refractivity (Wildman–Crippen MR) is 99.8 cm³/mol. The third-order valence-electron chi connectivity index (χ3n) is 4.78. The fourth-order valence-corrected chi connectivity index (χ4v) is 4.43. The van der Waals surface area contributed by atoms with E-state index < -0.39 is 10.0 Å². The largest absolute Gasteiger partial charge is 0.492 e. The third-order valence-corrected chi connectivity index (χ3v) is 6.55. The molecule has 1 saturated heterocycles. The molecule has 0 N–H and O–H groups in total. The summed E-state index contributed by atoms with van der Waals surface area (Å²) in [5.74, 6) is 1.59. The Hall–Kier alpha value is -1.90. The zero-order valence-electron chi connectivity index (χ0n) is 15.6. The van der Waals surface area contributed by atoms with E-state index in [2.05, 4.69) is 9.88 Å². The molecule has 2 aromatic rings. The molecule has 1 aliphatic heterocycles. The van der Waals surface area contributed by atoms with Gasteiger partial charge in [-0.1, -0.05) is 18.2 Å². The van der Waals surface area contributed by atoms with Gasteiger partial charge in [0, 0.05) is 46.0 Å². The Morgan fingerprint density at radius 2 is 1.81 bits per heavy atom. The maximum Gasteiger partial charge on any atom is 0.262 e. The minimum absolute atomic E-state index is 0.133. The lowest BCUT2D eigenvalue weighted by Gasteiger charge is -2.33. The molecule has 0 atom stereocenters. The highest BCUT2D eigenvalue weighted by molar-refractivity contribution is 7.89. The Morgan fingerprint density at radius 1 is 1.12 bits per heavy atom. The van der Waals surface area contributed by atoms with Crippen LogP contribution in [-0.2, 0) is 17.1 Å². The number of hydrogen-bond donors (Lipinski definition) is 0. The minimum Gasteiger partial charge on any atom is -0.492 e. The van der Waals surface area contributed by atoms with Crippen LogP contribution in [0, 0.1) is 13.8 Å². The molecule has 1 aliphatic rings. The topological polar surface area (TPSA) is 67.7 Å². The van der Waals surface area contributed by atoms with Crippen molar-refractivity contribution in [3.63, 3.8) is 0 Å². The standard InChI is InChI=1S/C18H26N4O3S/c1-15-6-4-5-7-17(15)25-13-12-21-8-10-22(11-9-21)26(23,24)18-14-20(3)16(2)19-18/h4-7,14H,8-13H2,1-3H3. The highest BCUT2D eigenvalue weighted by Crippen LogP contribution is 2.18. The molecule has 0 saturated carbocycles. The van der Waals surface area contributed by atoms with Crippen LogP contribution in [-0.4, -0.2) is 66.5 Å². The summed E-state index contributed by atoms with van der Waals surface area (Å²) in [6.45, 7) is 7.54. The van der Waals surface area contributed by atoms with Gasteiger partial charge >= 0.3 is 0 Å². The van der Waals surface area contributed by atoms with E-state index in [1.165, 1.54) is 4.31 Å². The number of aromatic nitrogens is 2. The highest BCUT2D eigenvalue weighted by Gasteiger charge is 2.30. The van der Waals surface area contributed by atoms with E-state index in [0.29, 0.717) is 38.6 Å². The quantitative estimate of drug-likeness (QED) is 0.761. The Bertz CT molecular complexity index is 836. The average molecular weight is 378 g/mol. The van der Waals surface area contributed by atoms with Crippen LogP contribution >= 0.6 is 0 Å². The first-order chi connectivity index (χ1) is 12.4. The van der Waals surface area contributed by atoms with Gasteiger partial charge in [-0.2, -0.15) is 4.31 Å². The molecular weight excluding hydrogens is 352 g/mol. The van der Waals surface area contributed by atoms with Crippen LogP contribution in [0.3, 0.4) is 0 Å². The Labute approximate surface area is 155 Å². The van der Waals surface area contributed by atoms with Crippen LogP contribution in [0.15, 0.2) is 35.5 Å². The number of sulfonamides is 1. The maximum atomic E-state index is 12.7. The van der Waals surface area contributed by atoms with Gasteiger partial charge in [0.05, 0.1) is 0 Å². The molecule has 1 aromatic carbocycles. The van der Waals surface area contributed by atoms with Crippen LogP contribution in [0.1, 0.15) is 11.4 Å². The number of rotatable bonds is 6. The molecule has 0 amide bonds. The van der Waals surface area contributed by atoms with E-state index in [-0.39, 0.29) is 5.03 Å². The van der Waals surface area contributed by atoms with Gasteiger partial charge in [-0.05, 0) is 25.5 Å². The molecular formula is C18H26N4O3S. The van der Waals surface area contributed by atoms with Crippen molar-refractivity contribution in [2.45, 2.75) is 18.9 Å². The third kappa shape index (κ3) is 4.08. The zero-order valence-corrected chi connectivity index (χ0v) is 16.4. The Morgan fingerprint density at radius 3 is 2.42 bits per heavy atom. The average Bonchev–Trinajstić information content (AvgIpc) is 2.97. The molecule has 2 heterocycles. The zero-order chi connectivity index (χ0) is 18.7. The lowest BCUT2D eigenvalue weighted by atomic mass is 10.2.